The van der Waals surface area contributed by atoms with E-state index < -0.39 is 4.65 Å². The number of rotatable bonds is 2. The summed E-state index contributed by atoms with van der Waals surface area (Å²) in [5, 5.41) is 13.0. The highest BCUT2D eigenvalue weighted by atomic mass is 16.6. The normalized spacial score (nSPS) is 30.4. The van der Waals surface area contributed by atoms with Gasteiger partial charge >= 0.3 is 0 Å². The Balaban J connectivity index is 1.92. The molecule has 0 aromatic heterocycles. The number of nitrogens with one attached hydrogen (secondary N) is 2. The zero-order valence-electron chi connectivity index (χ0n) is 10.8. The van der Waals surface area contributed by atoms with Crippen LogP contribution in [0, 0.1) is 5.21 Å². The molecule has 19 heavy (non-hydrogen) atoms. The van der Waals surface area contributed by atoms with Crippen molar-refractivity contribution in [1.29, 1.82) is 0 Å². The number of hydrogen-bond donors (Lipinski definition) is 2. The Morgan fingerprint density at radius 3 is 1.53 bits per heavy atom. The molecule has 0 saturated carbocycles. The number of hydroxylamine groups is 3. The van der Waals surface area contributed by atoms with Gasteiger partial charge in [0, 0.05) is 11.1 Å². The Bertz CT molecular complexity index is 492. The minimum Gasteiger partial charge on any atom is -0.630 e. The third-order valence-corrected chi connectivity index (χ3v) is 3.61. The van der Waals surface area contributed by atoms with E-state index in [9.17, 15) is 5.21 Å². The van der Waals surface area contributed by atoms with Gasteiger partial charge in [-0.2, -0.15) is 10.9 Å². The van der Waals surface area contributed by atoms with Crippen molar-refractivity contribution in [3.8, 4) is 0 Å². The zero-order chi connectivity index (χ0) is 13.3. The van der Waals surface area contributed by atoms with E-state index in [-0.39, 0.29) is 12.3 Å². The molecule has 1 aliphatic rings. The predicted molar refractivity (Wildman–Crippen MR) is 74.2 cm³/mol. The Morgan fingerprint density at radius 1 is 0.789 bits per heavy atom. The first kappa shape index (κ1) is 12.3. The van der Waals surface area contributed by atoms with Gasteiger partial charge in [0.25, 0.3) is 0 Å². The topological polar surface area (TPSA) is 47.1 Å². The van der Waals surface area contributed by atoms with Gasteiger partial charge in [-0.05, 0) is 0 Å². The Kier molecular flexibility index (Phi) is 3.08. The zero-order valence-corrected chi connectivity index (χ0v) is 10.8. The Morgan fingerprint density at radius 2 is 1.16 bits per heavy atom. The maximum atomic E-state index is 13.0. The fourth-order valence-corrected chi connectivity index (χ4v) is 2.59. The molecule has 4 heteroatoms. The van der Waals surface area contributed by atoms with Gasteiger partial charge in [-0.25, -0.2) is 0 Å². The summed E-state index contributed by atoms with van der Waals surface area (Å²) in [6.07, 6.45) is -0.599. The fraction of sp³-hybridized carbons (Fsp3) is 0.200. The van der Waals surface area contributed by atoms with Crippen molar-refractivity contribution in [1.82, 2.24) is 10.9 Å². The van der Waals surface area contributed by atoms with Crippen molar-refractivity contribution in [2.45, 2.75) is 12.3 Å². The van der Waals surface area contributed by atoms with E-state index in [0.29, 0.717) is 0 Å². The van der Waals surface area contributed by atoms with Crippen LogP contribution in [0.15, 0.2) is 60.7 Å². The maximum Gasteiger partial charge on any atom is 0.183 e. The van der Waals surface area contributed by atoms with Crippen LogP contribution in [-0.2, 0) is 0 Å². The Hall–Kier alpha value is -1.72. The summed E-state index contributed by atoms with van der Waals surface area (Å²) in [6.45, 7) is 0. The van der Waals surface area contributed by atoms with Crippen molar-refractivity contribution in [3.63, 3.8) is 0 Å². The molecule has 1 heterocycles. The van der Waals surface area contributed by atoms with Crippen molar-refractivity contribution < 1.29 is 4.65 Å². The lowest BCUT2D eigenvalue weighted by Gasteiger charge is -2.43. The molecule has 2 N–H and O–H groups in total. The first-order chi connectivity index (χ1) is 9.19. The van der Waals surface area contributed by atoms with Gasteiger partial charge in [-0.15, -0.1) is 0 Å². The molecule has 2 atom stereocenters. The quantitative estimate of drug-likeness (QED) is 0.640. The van der Waals surface area contributed by atoms with Gasteiger partial charge < -0.3 is 9.85 Å². The van der Waals surface area contributed by atoms with Crippen LogP contribution in [0.25, 0.3) is 0 Å². The number of quaternary nitrogens is 1. The maximum absolute atomic E-state index is 13.0. The van der Waals surface area contributed by atoms with Crippen LogP contribution in [0.5, 0.6) is 0 Å². The molecular formula is C15H17N3O. The van der Waals surface area contributed by atoms with Gasteiger partial charge in [0.1, 0.15) is 0 Å². The van der Waals surface area contributed by atoms with E-state index in [4.69, 9.17) is 0 Å². The first-order valence-electron chi connectivity index (χ1n) is 6.37. The minimum absolute atomic E-state index is 0.300. The lowest BCUT2D eigenvalue weighted by Crippen LogP contribution is -2.41. The number of benzene rings is 2. The average molecular weight is 255 g/mol. The smallest absolute Gasteiger partial charge is 0.183 e. The van der Waals surface area contributed by atoms with Gasteiger partial charge in [0.05, 0.1) is 7.05 Å². The van der Waals surface area contributed by atoms with Crippen LogP contribution in [0.1, 0.15) is 23.5 Å². The summed E-state index contributed by atoms with van der Waals surface area (Å²) in [6, 6.07) is 19.6. The van der Waals surface area contributed by atoms with Crippen LogP contribution in [-0.4, -0.2) is 11.7 Å². The molecule has 0 aliphatic carbocycles. The van der Waals surface area contributed by atoms with E-state index in [0.717, 1.165) is 11.1 Å². The molecule has 1 fully saturated rings. The summed E-state index contributed by atoms with van der Waals surface area (Å²) in [5.41, 5.74) is 8.23. The summed E-state index contributed by atoms with van der Waals surface area (Å²) < 4.78 is -0.409. The van der Waals surface area contributed by atoms with E-state index >= 15 is 0 Å². The largest absolute Gasteiger partial charge is 0.630 e. The summed E-state index contributed by atoms with van der Waals surface area (Å²) in [4.78, 5) is 0. The third kappa shape index (κ3) is 2.15. The van der Waals surface area contributed by atoms with Crippen LogP contribution in [0.4, 0.5) is 0 Å². The molecule has 4 nitrogen and oxygen atoms in total. The molecule has 3 rings (SSSR count). The van der Waals surface area contributed by atoms with Crippen molar-refractivity contribution >= 4 is 0 Å². The molecule has 0 radical (unpaired) electrons. The predicted octanol–water partition coefficient (Wildman–Crippen LogP) is 2.44. The van der Waals surface area contributed by atoms with E-state index in [2.05, 4.69) is 10.9 Å². The molecule has 2 aromatic rings. The number of hydrazine groups is 1. The van der Waals surface area contributed by atoms with Gasteiger partial charge in [0.15, 0.2) is 12.3 Å². The highest BCUT2D eigenvalue weighted by molar-refractivity contribution is 5.21. The number of hydrogen-bond acceptors (Lipinski definition) is 3. The van der Waals surface area contributed by atoms with E-state index in [1.165, 1.54) is 0 Å². The first-order valence-corrected chi connectivity index (χ1v) is 6.37. The molecule has 0 amide bonds. The monoisotopic (exact) mass is 255 g/mol. The number of nitrogens with zero attached hydrogens (tertiary/aromatic N) is 1. The molecule has 0 bridgehead atoms. The minimum atomic E-state index is -0.409. The molecule has 0 spiro atoms. The average Bonchev–Trinajstić information content (AvgIpc) is 2.76. The lowest BCUT2D eigenvalue weighted by atomic mass is 10.1. The fourth-order valence-electron chi connectivity index (χ4n) is 2.59. The molecule has 1 aliphatic heterocycles. The second kappa shape index (κ2) is 4.75. The van der Waals surface area contributed by atoms with Gasteiger partial charge in [-0.3, -0.25) is 0 Å². The van der Waals surface area contributed by atoms with E-state index in [1.807, 2.05) is 60.7 Å². The van der Waals surface area contributed by atoms with Gasteiger partial charge in [0.2, 0.25) is 0 Å². The Labute approximate surface area is 112 Å². The SMILES string of the molecule is C[N+]1([O-])C(c2ccccc2)NNC1c1ccccc1. The second-order valence-electron chi connectivity index (χ2n) is 4.97. The van der Waals surface area contributed by atoms with Crippen molar-refractivity contribution in [2.75, 3.05) is 7.05 Å². The lowest BCUT2D eigenvalue weighted by molar-refractivity contribution is -0.911. The summed E-state index contributed by atoms with van der Waals surface area (Å²) >= 11 is 0. The molecule has 98 valence electrons. The molecular weight excluding hydrogens is 238 g/mol. The van der Waals surface area contributed by atoms with Crippen LogP contribution in [0.3, 0.4) is 0 Å². The van der Waals surface area contributed by atoms with E-state index in [1.54, 1.807) is 7.05 Å². The summed E-state index contributed by atoms with van der Waals surface area (Å²) in [7, 11) is 1.70. The highest BCUT2D eigenvalue weighted by Gasteiger charge is 2.41. The molecule has 2 aromatic carbocycles. The highest BCUT2D eigenvalue weighted by Crippen LogP contribution is 2.36. The van der Waals surface area contributed by atoms with Gasteiger partial charge in [-0.1, -0.05) is 60.7 Å². The van der Waals surface area contributed by atoms with Crippen molar-refractivity contribution in [3.05, 3.63) is 77.0 Å². The molecule has 2 unspecified atom stereocenters. The third-order valence-electron chi connectivity index (χ3n) is 3.61. The second-order valence-corrected chi connectivity index (χ2v) is 4.97. The molecule has 1 saturated heterocycles. The van der Waals surface area contributed by atoms with Crippen molar-refractivity contribution in [2.24, 2.45) is 0 Å². The van der Waals surface area contributed by atoms with Crippen LogP contribution >= 0.6 is 0 Å². The van der Waals surface area contributed by atoms with Crippen LogP contribution in [0.2, 0.25) is 0 Å². The van der Waals surface area contributed by atoms with Crippen LogP contribution < -0.4 is 10.9 Å². The standard InChI is InChI=1S/C15H17N3O/c1-18(19)14(12-8-4-2-5-9-12)16-17-15(18)13-10-6-3-7-11-13/h2-11,14-17H,1H3. The summed E-state index contributed by atoms with van der Waals surface area (Å²) in [5.74, 6) is 0.